The Morgan fingerprint density at radius 3 is 2.44 bits per heavy atom. The van der Waals surface area contributed by atoms with Crippen molar-refractivity contribution in [1.29, 1.82) is 0 Å². The maximum absolute atomic E-state index is 13.2. The molecule has 3 aromatic heterocycles. The van der Waals surface area contributed by atoms with Gasteiger partial charge in [0.2, 0.25) is 11.8 Å². The summed E-state index contributed by atoms with van der Waals surface area (Å²) < 4.78 is 7.07. The Hall–Kier alpha value is -4.24. The number of carbonyl (C=O) groups is 2. The zero-order valence-electron chi connectivity index (χ0n) is 23.0. The van der Waals surface area contributed by atoms with Crippen molar-refractivity contribution in [3.8, 4) is 0 Å². The highest BCUT2D eigenvalue weighted by Crippen LogP contribution is 2.38. The first-order chi connectivity index (χ1) is 18.6. The van der Waals surface area contributed by atoms with Gasteiger partial charge < -0.3 is 18.8 Å². The maximum Gasteiger partial charge on any atom is 0.261 e. The summed E-state index contributed by atoms with van der Waals surface area (Å²) in [7, 11) is 3.43. The summed E-state index contributed by atoms with van der Waals surface area (Å²) in [4.78, 5) is 49.0. The summed E-state index contributed by atoms with van der Waals surface area (Å²) in [6.45, 7) is 7.63. The molecule has 0 bridgehead atoms. The van der Waals surface area contributed by atoms with Crippen molar-refractivity contribution in [2.24, 2.45) is 5.41 Å². The number of hydrogen-bond acceptors (Lipinski definition) is 6. The fourth-order valence-corrected chi connectivity index (χ4v) is 5.20. The van der Waals surface area contributed by atoms with Crippen LogP contribution >= 0.6 is 0 Å². The number of hydrogen-bond donors (Lipinski definition) is 0. The first kappa shape index (κ1) is 26.4. The van der Waals surface area contributed by atoms with Gasteiger partial charge in [-0.2, -0.15) is 0 Å². The molecule has 5 rings (SSSR count). The van der Waals surface area contributed by atoms with Gasteiger partial charge in [-0.3, -0.25) is 24.3 Å². The van der Waals surface area contributed by atoms with Gasteiger partial charge in [0, 0.05) is 58.4 Å². The minimum atomic E-state index is -1.16. The highest BCUT2D eigenvalue weighted by atomic mass is 16.3. The largest absolute Gasteiger partial charge is 0.464 e. The van der Waals surface area contributed by atoms with E-state index < -0.39 is 5.41 Å². The SMILES string of the molecule is Cc1ncccc1CN(CCn1ccc2occc2c1=O)Cc1ccc2c(c1)N(C)C(=O)C(C)(C)C(=O)N2C. The van der Waals surface area contributed by atoms with Gasteiger partial charge in [-0.25, -0.2) is 0 Å². The average molecular weight is 528 g/mol. The predicted molar refractivity (Wildman–Crippen MR) is 151 cm³/mol. The fourth-order valence-electron chi connectivity index (χ4n) is 5.20. The zero-order chi connectivity index (χ0) is 27.9. The lowest BCUT2D eigenvalue weighted by Crippen LogP contribution is -2.46. The second-order valence-corrected chi connectivity index (χ2v) is 10.6. The third kappa shape index (κ3) is 4.85. The van der Waals surface area contributed by atoms with Crippen molar-refractivity contribution in [2.45, 2.75) is 40.4 Å². The van der Waals surface area contributed by atoms with E-state index in [1.165, 1.54) is 6.26 Å². The Morgan fingerprint density at radius 2 is 1.69 bits per heavy atom. The minimum Gasteiger partial charge on any atom is -0.464 e. The molecule has 39 heavy (non-hydrogen) atoms. The van der Waals surface area contributed by atoms with Crippen LogP contribution in [-0.4, -0.2) is 46.9 Å². The summed E-state index contributed by atoms with van der Waals surface area (Å²) in [6, 6.07) is 13.4. The van der Waals surface area contributed by atoms with E-state index in [4.69, 9.17) is 4.42 Å². The van der Waals surface area contributed by atoms with E-state index >= 15 is 0 Å². The molecule has 1 aliphatic rings. The number of pyridine rings is 2. The number of carbonyl (C=O) groups excluding carboxylic acids is 2. The lowest BCUT2D eigenvalue weighted by Gasteiger charge is -2.26. The Bertz CT molecular complexity index is 1620. The smallest absolute Gasteiger partial charge is 0.261 e. The molecule has 0 fully saturated rings. The van der Waals surface area contributed by atoms with E-state index in [0.717, 1.165) is 16.8 Å². The molecule has 4 heterocycles. The van der Waals surface area contributed by atoms with Crippen molar-refractivity contribution >= 4 is 34.2 Å². The van der Waals surface area contributed by atoms with E-state index in [0.29, 0.717) is 48.5 Å². The third-order valence-electron chi connectivity index (χ3n) is 7.61. The van der Waals surface area contributed by atoms with E-state index in [9.17, 15) is 14.4 Å². The number of anilines is 2. The lowest BCUT2D eigenvalue weighted by atomic mass is 9.90. The van der Waals surface area contributed by atoms with Crippen LogP contribution in [0.3, 0.4) is 0 Å². The van der Waals surface area contributed by atoms with Gasteiger partial charge in [0.1, 0.15) is 11.0 Å². The number of benzene rings is 1. The van der Waals surface area contributed by atoms with E-state index in [1.54, 1.807) is 60.8 Å². The molecule has 202 valence electrons. The van der Waals surface area contributed by atoms with E-state index in [2.05, 4.69) is 16.0 Å². The van der Waals surface area contributed by atoms with Crippen molar-refractivity contribution in [1.82, 2.24) is 14.5 Å². The molecule has 0 unspecified atom stereocenters. The van der Waals surface area contributed by atoms with Crippen LogP contribution in [0.5, 0.6) is 0 Å². The Morgan fingerprint density at radius 1 is 0.949 bits per heavy atom. The van der Waals surface area contributed by atoms with Crippen molar-refractivity contribution in [2.75, 3.05) is 30.4 Å². The van der Waals surface area contributed by atoms with Crippen LogP contribution in [0.2, 0.25) is 0 Å². The molecular formula is C30H33N5O4. The molecule has 1 aliphatic heterocycles. The van der Waals surface area contributed by atoms with Crippen LogP contribution in [0.15, 0.2) is 70.3 Å². The molecule has 0 N–H and O–H groups in total. The number of nitrogens with zero attached hydrogens (tertiary/aromatic N) is 5. The minimum absolute atomic E-state index is 0.0840. The van der Waals surface area contributed by atoms with Gasteiger partial charge in [0.15, 0.2) is 0 Å². The molecule has 9 nitrogen and oxygen atoms in total. The van der Waals surface area contributed by atoms with E-state index in [-0.39, 0.29) is 17.4 Å². The number of amides is 2. The molecule has 9 heteroatoms. The Kier molecular flexibility index (Phi) is 6.86. The molecule has 0 saturated heterocycles. The first-order valence-electron chi connectivity index (χ1n) is 13.0. The Labute approximate surface area is 227 Å². The molecule has 0 radical (unpaired) electrons. The van der Waals surface area contributed by atoms with E-state index in [1.807, 2.05) is 37.3 Å². The van der Waals surface area contributed by atoms with Crippen LogP contribution in [0, 0.1) is 12.3 Å². The van der Waals surface area contributed by atoms with Crippen molar-refractivity contribution in [3.63, 3.8) is 0 Å². The predicted octanol–water partition coefficient (Wildman–Crippen LogP) is 3.97. The molecule has 1 aromatic carbocycles. The van der Waals surface area contributed by atoms with Gasteiger partial charge in [-0.15, -0.1) is 0 Å². The fraction of sp³-hybridized carbons (Fsp3) is 0.333. The van der Waals surface area contributed by atoms with Crippen LogP contribution in [-0.2, 0) is 29.2 Å². The summed E-state index contributed by atoms with van der Waals surface area (Å²) in [6.07, 6.45) is 5.07. The molecule has 4 aromatic rings. The Balaban J connectivity index is 1.45. The summed E-state index contributed by atoms with van der Waals surface area (Å²) in [5.74, 6) is -0.480. The highest BCUT2D eigenvalue weighted by molar-refractivity contribution is 6.19. The zero-order valence-corrected chi connectivity index (χ0v) is 23.0. The standard InChI is InChI=1S/C30H33N5O4/c1-20-22(7-6-12-31-20)19-34(14-15-35-13-10-26-23(27(35)36)11-16-39-26)18-21-8-9-24-25(17-21)33(5)29(38)30(2,3)28(37)32(24)4/h6-13,16-17H,14-15,18-19H2,1-5H3. The van der Waals surface area contributed by atoms with Crippen molar-refractivity contribution < 1.29 is 14.0 Å². The van der Waals surface area contributed by atoms with Crippen LogP contribution in [0.1, 0.15) is 30.7 Å². The number of aromatic nitrogens is 2. The summed E-state index contributed by atoms with van der Waals surface area (Å²) in [5.41, 5.74) is 3.77. The quantitative estimate of drug-likeness (QED) is 0.338. The topological polar surface area (TPSA) is 91.9 Å². The second kappa shape index (κ2) is 10.1. The molecule has 2 amide bonds. The van der Waals surface area contributed by atoms with Crippen LogP contribution in [0.4, 0.5) is 11.4 Å². The third-order valence-corrected chi connectivity index (χ3v) is 7.61. The van der Waals surface area contributed by atoms with Crippen LogP contribution in [0.25, 0.3) is 11.0 Å². The molecule has 0 spiro atoms. The monoisotopic (exact) mass is 527 g/mol. The van der Waals surface area contributed by atoms with Gasteiger partial charge in [0.25, 0.3) is 5.56 Å². The lowest BCUT2D eigenvalue weighted by molar-refractivity contribution is -0.137. The summed E-state index contributed by atoms with van der Waals surface area (Å²) >= 11 is 0. The first-order valence-corrected chi connectivity index (χ1v) is 13.0. The normalized spacial score (nSPS) is 15.2. The molecule has 0 atom stereocenters. The average Bonchev–Trinajstić information content (AvgIpc) is 3.40. The number of furan rings is 1. The molecule has 0 aliphatic carbocycles. The molecular weight excluding hydrogens is 494 g/mol. The maximum atomic E-state index is 13.2. The number of rotatable bonds is 7. The molecule has 0 saturated carbocycles. The van der Waals surface area contributed by atoms with Crippen LogP contribution < -0.4 is 15.4 Å². The van der Waals surface area contributed by atoms with Gasteiger partial charge in [0.05, 0.1) is 23.0 Å². The number of aryl methyl sites for hydroxylation is 1. The van der Waals surface area contributed by atoms with Gasteiger partial charge in [-0.1, -0.05) is 12.1 Å². The second-order valence-electron chi connectivity index (χ2n) is 10.6. The van der Waals surface area contributed by atoms with Gasteiger partial charge in [-0.05, 0) is 62.2 Å². The summed E-state index contributed by atoms with van der Waals surface area (Å²) in [5, 5.41) is 0.562. The van der Waals surface area contributed by atoms with Crippen molar-refractivity contribution in [3.05, 3.63) is 88.3 Å². The van der Waals surface area contributed by atoms with Gasteiger partial charge >= 0.3 is 0 Å². The highest BCUT2D eigenvalue weighted by Gasteiger charge is 2.44. The number of fused-ring (bicyclic) bond motifs is 2.